The van der Waals surface area contributed by atoms with E-state index >= 15 is 0 Å². The second kappa shape index (κ2) is 5.62. The minimum Gasteiger partial charge on any atom is -0.469 e. The lowest BCUT2D eigenvalue weighted by molar-refractivity contribution is -0.244. The van der Waals surface area contributed by atoms with Gasteiger partial charge >= 0.3 is 11.9 Å². The standard InChI is InChI=1S/C15H20O7/c1-6(16)22-13-7-4-9-14(19-2)11(8(17)5-21-9)10(7)12(13)15(18)20-3/h7,9-14H,4-5H2,1-3H3/t7?,9-,10?,11+,12?,13?,14+/m1/s1. The zero-order chi connectivity index (χ0) is 16.0. The zero-order valence-corrected chi connectivity index (χ0v) is 12.8. The minimum absolute atomic E-state index is 0.0462. The summed E-state index contributed by atoms with van der Waals surface area (Å²) in [6.45, 7) is 1.36. The number of fused-ring (bicyclic) bond motifs is 4. The molecule has 0 amide bonds. The first-order chi connectivity index (χ1) is 10.5. The van der Waals surface area contributed by atoms with Gasteiger partial charge in [-0.1, -0.05) is 0 Å². The van der Waals surface area contributed by atoms with E-state index in [1.165, 1.54) is 14.0 Å². The number of ketones is 1. The van der Waals surface area contributed by atoms with Crippen LogP contribution in [0.4, 0.5) is 0 Å². The third-order valence-electron chi connectivity index (χ3n) is 5.18. The first-order valence-corrected chi connectivity index (χ1v) is 7.41. The van der Waals surface area contributed by atoms with Crippen molar-refractivity contribution in [1.29, 1.82) is 0 Å². The molecular formula is C15H20O7. The fraction of sp³-hybridized carbons (Fsp3) is 0.800. The van der Waals surface area contributed by atoms with Gasteiger partial charge in [0.2, 0.25) is 0 Å². The quantitative estimate of drug-likeness (QED) is 0.675. The normalized spacial score (nSPS) is 42.9. The molecule has 2 bridgehead atoms. The Hall–Kier alpha value is -1.47. The fourth-order valence-electron chi connectivity index (χ4n) is 4.38. The smallest absolute Gasteiger partial charge is 0.312 e. The van der Waals surface area contributed by atoms with Crippen LogP contribution in [0.2, 0.25) is 0 Å². The fourth-order valence-corrected chi connectivity index (χ4v) is 4.38. The lowest BCUT2D eigenvalue weighted by Crippen LogP contribution is -2.69. The maximum atomic E-state index is 12.3. The number of carbonyl (C=O) groups is 3. The largest absolute Gasteiger partial charge is 0.469 e. The Morgan fingerprint density at radius 2 is 1.95 bits per heavy atom. The summed E-state index contributed by atoms with van der Waals surface area (Å²) < 4.78 is 21.2. The highest BCUT2D eigenvalue weighted by molar-refractivity contribution is 5.86. The van der Waals surface area contributed by atoms with Gasteiger partial charge in [-0.2, -0.15) is 0 Å². The number of Topliss-reactive ketones (excluding diaryl/α,β-unsaturated/α-hetero) is 1. The van der Waals surface area contributed by atoms with Crippen LogP contribution in [-0.4, -0.2) is 56.9 Å². The molecule has 4 unspecified atom stereocenters. The molecule has 122 valence electrons. The predicted molar refractivity (Wildman–Crippen MR) is 71.7 cm³/mol. The maximum absolute atomic E-state index is 12.3. The summed E-state index contributed by atoms with van der Waals surface area (Å²) in [6.07, 6.45) is -0.496. The summed E-state index contributed by atoms with van der Waals surface area (Å²) in [7, 11) is 2.84. The van der Waals surface area contributed by atoms with Crippen molar-refractivity contribution in [1.82, 2.24) is 0 Å². The van der Waals surface area contributed by atoms with E-state index in [1.54, 1.807) is 7.11 Å². The number of ether oxygens (including phenoxy) is 4. The molecule has 0 aromatic rings. The first kappa shape index (κ1) is 15.4. The molecule has 1 heterocycles. The summed E-state index contributed by atoms with van der Waals surface area (Å²) in [5.74, 6) is -2.24. The maximum Gasteiger partial charge on any atom is 0.312 e. The van der Waals surface area contributed by atoms with E-state index in [-0.39, 0.29) is 36.4 Å². The Kier molecular flexibility index (Phi) is 3.94. The third-order valence-corrected chi connectivity index (χ3v) is 5.18. The topological polar surface area (TPSA) is 88.1 Å². The summed E-state index contributed by atoms with van der Waals surface area (Å²) in [5.41, 5.74) is 0. The van der Waals surface area contributed by atoms with Crippen molar-refractivity contribution in [2.45, 2.75) is 31.7 Å². The molecule has 0 spiro atoms. The van der Waals surface area contributed by atoms with Gasteiger partial charge in [0, 0.05) is 20.0 Å². The Morgan fingerprint density at radius 3 is 2.55 bits per heavy atom. The van der Waals surface area contributed by atoms with Crippen LogP contribution in [0.1, 0.15) is 13.3 Å². The molecule has 7 heteroatoms. The van der Waals surface area contributed by atoms with Crippen LogP contribution in [0, 0.1) is 23.7 Å². The van der Waals surface area contributed by atoms with Crippen LogP contribution in [0.15, 0.2) is 0 Å². The lowest BCUT2D eigenvalue weighted by Gasteiger charge is -2.59. The van der Waals surface area contributed by atoms with Crippen molar-refractivity contribution in [3.8, 4) is 0 Å². The average molecular weight is 312 g/mol. The molecule has 1 saturated heterocycles. The molecular weight excluding hydrogens is 292 g/mol. The lowest BCUT2D eigenvalue weighted by atomic mass is 9.50. The molecule has 1 aliphatic heterocycles. The number of hydrogen-bond donors (Lipinski definition) is 0. The van der Waals surface area contributed by atoms with Gasteiger partial charge in [0.1, 0.15) is 12.7 Å². The predicted octanol–water partition coefficient (Wildman–Crippen LogP) is -0.0439. The molecule has 0 aromatic heterocycles. The molecule has 2 saturated carbocycles. The second-order valence-corrected chi connectivity index (χ2v) is 6.14. The van der Waals surface area contributed by atoms with Crippen molar-refractivity contribution < 1.29 is 33.3 Å². The second-order valence-electron chi connectivity index (χ2n) is 6.14. The van der Waals surface area contributed by atoms with Crippen molar-refractivity contribution in [3.63, 3.8) is 0 Å². The van der Waals surface area contributed by atoms with Crippen LogP contribution in [-0.2, 0) is 33.3 Å². The molecule has 3 fully saturated rings. The highest BCUT2D eigenvalue weighted by Gasteiger charge is 2.66. The highest BCUT2D eigenvalue weighted by Crippen LogP contribution is 2.56. The van der Waals surface area contributed by atoms with E-state index in [9.17, 15) is 14.4 Å². The number of methoxy groups -OCH3 is 2. The SMILES string of the molecule is COC(=O)C1C(OC(C)=O)C2C[C@H]3OCC(=O)[C@@H](C21)[C@H]3OC. The van der Waals surface area contributed by atoms with Gasteiger partial charge in [0.15, 0.2) is 5.78 Å². The molecule has 2 aliphatic carbocycles. The summed E-state index contributed by atoms with van der Waals surface area (Å²) >= 11 is 0. The van der Waals surface area contributed by atoms with Crippen LogP contribution in [0.25, 0.3) is 0 Å². The average Bonchev–Trinajstić information content (AvgIpc) is 2.48. The zero-order valence-electron chi connectivity index (χ0n) is 12.8. The minimum atomic E-state index is -0.607. The van der Waals surface area contributed by atoms with E-state index in [0.29, 0.717) is 6.42 Å². The summed E-state index contributed by atoms with van der Waals surface area (Å²) in [6, 6.07) is 0. The Labute approximate surface area is 128 Å². The molecule has 0 N–H and O–H groups in total. The Balaban J connectivity index is 1.91. The van der Waals surface area contributed by atoms with Crippen molar-refractivity contribution in [2.75, 3.05) is 20.8 Å². The van der Waals surface area contributed by atoms with Crippen molar-refractivity contribution >= 4 is 17.7 Å². The van der Waals surface area contributed by atoms with E-state index in [0.717, 1.165) is 0 Å². The molecule has 22 heavy (non-hydrogen) atoms. The molecule has 0 aromatic carbocycles. The van der Waals surface area contributed by atoms with Gasteiger partial charge in [-0.25, -0.2) is 0 Å². The molecule has 0 radical (unpaired) electrons. The molecule has 3 aliphatic rings. The van der Waals surface area contributed by atoms with Gasteiger partial charge < -0.3 is 18.9 Å². The molecule has 7 atom stereocenters. The van der Waals surface area contributed by atoms with E-state index < -0.39 is 29.9 Å². The third kappa shape index (κ3) is 2.14. The van der Waals surface area contributed by atoms with Crippen LogP contribution in [0.3, 0.4) is 0 Å². The number of esters is 2. The van der Waals surface area contributed by atoms with Gasteiger partial charge in [0.25, 0.3) is 0 Å². The molecule has 7 nitrogen and oxygen atoms in total. The number of hydrogen-bond acceptors (Lipinski definition) is 7. The van der Waals surface area contributed by atoms with Crippen LogP contribution >= 0.6 is 0 Å². The molecule has 3 rings (SSSR count). The first-order valence-electron chi connectivity index (χ1n) is 7.41. The number of rotatable bonds is 3. The van der Waals surface area contributed by atoms with E-state index in [4.69, 9.17) is 18.9 Å². The summed E-state index contributed by atoms with van der Waals surface area (Å²) in [4.78, 5) is 35.7. The number of carbonyl (C=O) groups excluding carboxylic acids is 3. The Bertz CT molecular complexity index is 502. The van der Waals surface area contributed by atoms with Crippen LogP contribution < -0.4 is 0 Å². The van der Waals surface area contributed by atoms with E-state index in [1.807, 2.05) is 0 Å². The van der Waals surface area contributed by atoms with Crippen molar-refractivity contribution in [2.24, 2.45) is 23.7 Å². The van der Waals surface area contributed by atoms with Gasteiger partial charge in [0.05, 0.1) is 31.2 Å². The monoisotopic (exact) mass is 312 g/mol. The van der Waals surface area contributed by atoms with Gasteiger partial charge in [-0.05, 0) is 12.3 Å². The van der Waals surface area contributed by atoms with Crippen molar-refractivity contribution in [3.05, 3.63) is 0 Å². The van der Waals surface area contributed by atoms with Crippen LogP contribution in [0.5, 0.6) is 0 Å². The van der Waals surface area contributed by atoms with E-state index in [2.05, 4.69) is 0 Å². The van der Waals surface area contributed by atoms with Gasteiger partial charge in [-0.3, -0.25) is 14.4 Å². The summed E-state index contributed by atoms with van der Waals surface area (Å²) in [5, 5.41) is 0. The highest BCUT2D eigenvalue weighted by atomic mass is 16.6. The van der Waals surface area contributed by atoms with Gasteiger partial charge in [-0.15, -0.1) is 0 Å². The Morgan fingerprint density at radius 1 is 1.23 bits per heavy atom.